The van der Waals surface area contributed by atoms with Gasteiger partial charge in [-0.05, 0) is 43.2 Å². The molecule has 2 bridgehead atoms. The van der Waals surface area contributed by atoms with Crippen molar-refractivity contribution in [3.05, 3.63) is 30.3 Å². The molecule has 16 heavy (non-hydrogen) atoms. The van der Waals surface area contributed by atoms with Crippen LogP contribution in [0, 0.1) is 11.8 Å². The van der Waals surface area contributed by atoms with E-state index < -0.39 is 0 Å². The fourth-order valence-electron chi connectivity index (χ4n) is 3.72. The third-order valence-corrected chi connectivity index (χ3v) is 4.41. The van der Waals surface area contributed by atoms with E-state index in [4.69, 9.17) is 0 Å². The smallest absolute Gasteiger partial charge is 0.0985 e. The van der Waals surface area contributed by atoms with Crippen LogP contribution >= 0.6 is 0 Å². The lowest BCUT2D eigenvalue weighted by Gasteiger charge is -2.28. The number of benzene rings is 1. The lowest BCUT2D eigenvalue weighted by Crippen LogP contribution is -2.39. The second-order valence-electron chi connectivity index (χ2n) is 5.20. The summed E-state index contributed by atoms with van der Waals surface area (Å²) in [6.45, 7) is 0. The first kappa shape index (κ1) is 8.74. The van der Waals surface area contributed by atoms with E-state index in [0.717, 1.165) is 11.8 Å². The lowest BCUT2D eigenvalue weighted by molar-refractivity contribution is 0.383. The molecule has 3 aliphatic rings. The van der Waals surface area contributed by atoms with Crippen LogP contribution < -0.4 is 5.01 Å². The van der Waals surface area contributed by atoms with Crippen molar-refractivity contribution in [2.45, 2.75) is 31.3 Å². The first-order valence-electron chi connectivity index (χ1n) is 6.18. The number of rotatable bonds is 1. The van der Waals surface area contributed by atoms with Crippen molar-refractivity contribution in [2.24, 2.45) is 22.2 Å². The summed E-state index contributed by atoms with van der Waals surface area (Å²) in [7, 11) is 0. The molecule has 0 spiro atoms. The van der Waals surface area contributed by atoms with Crippen molar-refractivity contribution < 1.29 is 0 Å². The Labute approximate surface area is 95.1 Å². The molecule has 2 aliphatic carbocycles. The van der Waals surface area contributed by atoms with Crippen molar-refractivity contribution in [1.29, 1.82) is 0 Å². The molecule has 0 amide bonds. The summed E-state index contributed by atoms with van der Waals surface area (Å²) >= 11 is 0. The number of fused-ring (bicyclic) bond motifs is 5. The summed E-state index contributed by atoms with van der Waals surface area (Å²) in [6, 6.07) is 11.5. The summed E-state index contributed by atoms with van der Waals surface area (Å²) in [5, 5.41) is 11.0. The summed E-state index contributed by atoms with van der Waals surface area (Å²) in [5.74, 6) is 1.64. The van der Waals surface area contributed by atoms with Crippen LogP contribution in [0.4, 0.5) is 5.69 Å². The molecule has 3 heteroatoms. The molecule has 1 aromatic carbocycles. The van der Waals surface area contributed by atoms with E-state index in [1.807, 2.05) is 0 Å². The Balaban J connectivity index is 1.70. The molecule has 4 rings (SSSR count). The van der Waals surface area contributed by atoms with Crippen LogP contribution in [0.15, 0.2) is 40.7 Å². The summed E-state index contributed by atoms with van der Waals surface area (Å²) in [6.07, 6.45) is 4.12. The highest BCUT2D eigenvalue weighted by Gasteiger charge is 2.53. The topological polar surface area (TPSA) is 28.0 Å². The highest BCUT2D eigenvalue weighted by Crippen LogP contribution is 2.51. The van der Waals surface area contributed by atoms with Gasteiger partial charge in [-0.3, -0.25) is 0 Å². The summed E-state index contributed by atoms with van der Waals surface area (Å²) < 4.78 is 0. The van der Waals surface area contributed by atoms with E-state index >= 15 is 0 Å². The fourth-order valence-corrected chi connectivity index (χ4v) is 3.72. The molecule has 0 N–H and O–H groups in total. The Hall–Kier alpha value is -1.38. The third-order valence-electron chi connectivity index (χ3n) is 4.41. The van der Waals surface area contributed by atoms with Crippen LogP contribution in [0.1, 0.15) is 19.3 Å². The van der Waals surface area contributed by atoms with Crippen molar-refractivity contribution in [2.75, 3.05) is 5.01 Å². The monoisotopic (exact) mass is 213 g/mol. The van der Waals surface area contributed by atoms with E-state index in [2.05, 4.69) is 45.7 Å². The quantitative estimate of drug-likeness (QED) is 0.704. The Morgan fingerprint density at radius 1 is 1.06 bits per heavy atom. The number of hydrogen-bond donors (Lipinski definition) is 0. The first-order valence-corrected chi connectivity index (χ1v) is 6.18. The zero-order valence-corrected chi connectivity index (χ0v) is 9.16. The fraction of sp³-hybridized carbons (Fsp3) is 0.538. The molecule has 1 aliphatic heterocycles. The van der Waals surface area contributed by atoms with E-state index in [9.17, 15) is 0 Å². The van der Waals surface area contributed by atoms with Crippen LogP contribution in [0.5, 0.6) is 0 Å². The Morgan fingerprint density at radius 2 is 1.88 bits per heavy atom. The minimum atomic E-state index is 0.485. The zero-order chi connectivity index (χ0) is 10.5. The van der Waals surface area contributed by atoms with Gasteiger partial charge in [0.05, 0.1) is 17.8 Å². The maximum Gasteiger partial charge on any atom is 0.0985 e. The number of nitrogens with zero attached hydrogens (tertiary/aromatic N) is 3. The van der Waals surface area contributed by atoms with E-state index in [0.29, 0.717) is 12.1 Å². The average Bonchev–Trinajstić information content (AvgIpc) is 3.03. The van der Waals surface area contributed by atoms with Gasteiger partial charge in [-0.15, -0.1) is 0 Å². The van der Waals surface area contributed by atoms with Gasteiger partial charge in [-0.1, -0.05) is 23.4 Å². The molecule has 3 nitrogen and oxygen atoms in total. The number of para-hydroxylation sites is 1. The molecule has 0 unspecified atom stereocenters. The highest BCUT2D eigenvalue weighted by molar-refractivity contribution is 5.48. The van der Waals surface area contributed by atoms with Gasteiger partial charge in [0.1, 0.15) is 0 Å². The lowest BCUT2D eigenvalue weighted by atomic mass is 9.91. The maximum absolute atomic E-state index is 4.49. The molecule has 82 valence electrons. The molecule has 1 heterocycles. The maximum atomic E-state index is 4.49. The van der Waals surface area contributed by atoms with Crippen LogP contribution in [-0.2, 0) is 0 Å². The molecule has 0 aromatic heterocycles. The van der Waals surface area contributed by atoms with Crippen molar-refractivity contribution in [3.8, 4) is 0 Å². The van der Waals surface area contributed by atoms with E-state index in [1.165, 1.54) is 24.9 Å². The molecular weight excluding hydrogens is 198 g/mol. The predicted molar refractivity (Wildman–Crippen MR) is 62.2 cm³/mol. The van der Waals surface area contributed by atoms with Crippen molar-refractivity contribution in [3.63, 3.8) is 0 Å². The van der Waals surface area contributed by atoms with Gasteiger partial charge in [0.15, 0.2) is 0 Å². The minimum absolute atomic E-state index is 0.485. The number of anilines is 1. The second kappa shape index (κ2) is 3.06. The molecule has 4 atom stereocenters. The normalized spacial score (nSPS) is 39.4. The van der Waals surface area contributed by atoms with Gasteiger partial charge in [0.25, 0.3) is 0 Å². The summed E-state index contributed by atoms with van der Waals surface area (Å²) in [4.78, 5) is 0. The van der Waals surface area contributed by atoms with Crippen LogP contribution in [0.2, 0.25) is 0 Å². The second-order valence-corrected chi connectivity index (χ2v) is 5.20. The van der Waals surface area contributed by atoms with E-state index in [1.54, 1.807) is 0 Å². The van der Waals surface area contributed by atoms with Gasteiger partial charge in [-0.2, -0.15) is 5.11 Å². The minimum Gasteiger partial charge on any atom is -0.242 e. The molecule has 0 saturated heterocycles. The van der Waals surface area contributed by atoms with Gasteiger partial charge < -0.3 is 0 Å². The summed E-state index contributed by atoms with van der Waals surface area (Å²) in [5.41, 5.74) is 1.20. The van der Waals surface area contributed by atoms with Gasteiger partial charge in [-0.25, -0.2) is 5.01 Å². The van der Waals surface area contributed by atoms with Gasteiger partial charge in [0, 0.05) is 0 Å². The van der Waals surface area contributed by atoms with Crippen LogP contribution in [0.25, 0.3) is 0 Å². The first-order chi connectivity index (χ1) is 7.93. The number of hydrogen-bond acceptors (Lipinski definition) is 3. The molecular formula is C13H15N3. The van der Waals surface area contributed by atoms with Gasteiger partial charge >= 0.3 is 0 Å². The SMILES string of the molecule is c1ccc(N2N=N[C@H]3[C@H]4CC[C@H](C4)[C@H]32)cc1. The van der Waals surface area contributed by atoms with Crippen molar-refractivity contribution in [1.82, 2.24) is 0 Å². The van der Waals surface area contributed by atoms with Crippen molar-refractivity contribution >= 4 is 5.69 Å². The highest BCUT2D eigenvalue weighted by atomic mass is 15.6. The standard InChI is InChI=1S/C13H15N3/c1-2-4-11(5-3-1)16-13-10-7-6-9(8-10)12(13)14-15-16/h1-5,9-10,12-13H,6-8H2/t9-,10+,12-,13+/m0/s1. The molecule has 0 radical (unpaired) electrons. The molecule has 2 fully saturated rings. The van der Waals surface area contributed by atoms with Crippen LogP contribution in [-0.4, -0.2) is 12.1 Å². The molecule has 1 aromatic rings. The largest absolute Gasteiger partial charge is 0.242 e. The van der Waals surface area contributed by atoms with Gasteiger partial charge in [0.2, 0.25) is 0 Å². The van der Waals surface area contributed by atoms with Crippen LogP contribution in [0.3, 0.4) is 0 Å². The predicted octanol–water partition coefficient (Wildman–Crippen LogP) is 3.04. The Morgan fingerprint density at radius 3 is 2.75 bits per heavy atom. The zero-order valence-electron chi connectivity index (χ0n) is 9.16. The Kier molecular flexibility index (Phi) is 1.67. The third kappa shape index (κ3) is 1.03. The molecule has 2 saturated carbocycles. The Bertz CT molecular complexity index is 428. The van der Waals surface area contributed by atoms with E-state index in [-0.39, 0.29) is 0 Å². The average molecular weight is 213 g/mol.